The molecule has 35 heavy (non-hydrogen) atoms. The van der Waals surface area contributed by atoms with Gasteiger partial charge in [0.1, 0.15) is 16.9 Å². The summed E-state index contributed by atoms with van der Waals surface area (Å²) in [5, 5.41) is 7.60. The second-order valence-electron chi connectivity index (χ2n) is 8.68. The van der Waals surface area contributed by atoms with Crippen molar-refractivity contribution in [2.24, 2.45) is 0 Å². The average Bonchev–Trinajstić information content (AvgIpc) is 3.56. The van der Waals surface area contributed by atoms with Gasteiger partial charge in [-0.25, -0.2) is 9.37 Å². The molecule has 6 aromatic rings. The highest BCUT2D eigenvalue weighted by Crippen LogP contribution is 2.35. The number of pyridine rings is 3. The van der Waals surface area contributed by atoms with Gasteiger partial charge in [0, 0.05) is 46.0 Å². The van der Waals surface area contributed by atoms with Crippen molar-refractivity contribution in [2.45, 2.75) is 13.5 Å². The largest absolute Gasteiger partial charge is 0.335 e. The minimum absolute atomic E-state index is 0.223. The number of halogens is 1. The number of hydrogen-bond donors (Lipinski definition) is 2. The van der Waals surface area contributed by atoms with Crippen molar-refractivity contribution in [3.05, 3.63) is 65.4 Å². The summed E-state index contributed by atoms with van der Waals surface area (Å²) < 4.78 is 15.9. The number of imidazole rings is 1. The van der Waals surface area contributed by atoms with Gasteiger partial charge in [-0.1, -0.05) is 0 Å². The van der Waals surface area contributed by atoms with E-state index >= 15 is 4.39 Å². The highest BCUT2D eigenvalue weighted by atomic mass is 32.1. The van der Waals surface area contributed by atoms with Gasteiger partial charge in [0.25, 0.3) is 0 Å². The fraction of sp³-hybridized carbons (Fsp3) is 0.160. The number of fused-ring (bicyclic) bond motifs is 2. The van der Waals surface area contributed by atoms with Crippen molar-refractivity contribution in [3.8, 4) is 33.2 Å². The number of aryl methyl sites for hydroxylation is 1. The van der Waals surface area contributed by atoms with Gasteiger partial charge in [-0.2, -0.15) is 5.10 Å². The third kappa shape index (κ3) is 3.76. The zero-order chi connectivity index (χ0) is 24.1. The van der Waals surface area contributed by atoms with E-state index in [1.54, 1.807) is 42.3 Å². The molecular formula is C25H21FN8S. The van der Waals surface area contributed by atoms with Gasteiger partial charge in [0.05, 0.1) is 28.8 Å². The Hall–Kier alpha value is -4.02. The second kappa shape index (κ2) is 8.33. The molecule has 6 heterocycles. The molecule has 8 nitrogen and oxygen atoms in total. The number of aromatic amines is 2. The summed E-state index contributed by atoms with van der Waals surface area (Å²) in [6.45, 7) is 2.76. The fourth-order valence-electron chi connectivity index (χ4n) is 4.22. The van der Waals surface area contributed by atoms with Crippen LogP contribution in [-0.4, -0.2) is 54.1 Å². The molecule has 6 aromatic heterocycles. The summed E-state index contributed by atoms with van der Waals surface area (Å²) in [6.07, 6.45) is 8.51. The average molecular weight is 485 g/mol. The molecule has 0 spiro atoms. The molecule has 0 atom stereocenters. The summed E-state index contributed by atoms with van der Waals surface area (Å²) in [4.78, 5) is 25.4. The van der Waals surface area contributed by atoms with E-state index < -0.39 is 5.82 Å². The molecule has 0 aliphatic carbocycles. The first kappa shape index (κ1) is 21.5. The van der Waals surface area contributed by atoms with Crippen LogP contribution in [0.15, 0.2) is 49.2 Å². The maximum absolute atomic E-state index is 15.9. The van der Waals surface area contributed by atoms with Crippen molar-refractivity contribution in [2.75, 3.05) is 14.1 Å². The monoisotopic (exact) mass is 484 g/mol. The van der Waals surface area contributed by atoms with E-state index in [0.29, 0.717) is 34.5 Å². The quantitative estimate of drug-likeness (QED) is 0.349. The number of H-pyrrole nitrogens is 2. The van der Waals surface area contributed by atoms with E-state index in [1.165, 1.54) is 4.88 Å². The number of nitrogens with one attached hydrogen (secondary N) is 2. The van der Waals surface area contributed by atoms with E-state index in [9.17, 15) is 0 Å². The molecule has 6 rings (SSSR count). The van der Waals surface area contributed by atoms with Gasteiger partial charge in [-0.3, -0.25) is 20.1 Å². The van der Waals surface area contributed by atoms with Crippen molar-refractivity contribution in [3.63, 3.8) is 0 Å². The molecule has 0 unspecified atom stereocenters. The van der Waals surface area contributed by atoms with Crippen molar-refractivity contribution in [1.29, 1.82) is 0 Å². The molecule has 0 radical (unpaired) electrons. The predicted octanol–water partition coefficient (Wildman–Crippen LogP) is 5.20. The van der Waals surface area contributed by atoms with Crippen LogP contribution in [0.25, 0.3) is 55.2 Å². The van der Waals surface area contributed by atoms with E-state index in [4.69, 9.17) is 4.98 Å². The lowest BCUT2D eigenvalue weighted by Crippen LogP contribution is -2.10. The molecule has 0 amide bonds. The number of hydrogen-bond acceptors (Lipinski definition) is 7. The number of aromatic nitrogens is 7. The zero-order valence-corrected chi connectivity index (χ0v) is 20.1. The molecule has 0 bridgehead atoms. The van der Waals surface area contributed by atoms with Crippen LogP contribution in [0.2, 0.25) is 0 Å². The first-order chi connectivity index (χ1) is 17.0. The maximum Gasteiger partial charge on any atom is 0.161 e. The van der Waals surface area contributed by atoms with Crippen molar-refractivity contribution in [1.82, 2.24) is 40.0 Å². The lowest BCUT2D eigenvalue weighted by molar-refractivity contribution is 0.402. The summed E-state index contributed by atoms with van der Waals surface area (Å²) in [6, 6.07) is 6.04. The van der Waals surface area contributed by atoms with E-state index in [0.717, 1.165) is 27.0 Å². The van der Waals surface area contributed by atoms with Crippen molar-refractivity contribution >= 4 is 33.3 Å². The molecule has 174 valence electrons. The first-order valence-corrected chi connectivity index (χ1v) is 11.8. The molecule has 10 heteroatoms. The number of nitrogens with zero attached hydrogens (tertiary/aromatic N) is 6. The summed E-state index contributed by atoms with van der Waals surface area (Å²) >= 11 is 1.68. The lowest BCUT2D eigenvalue weighted by Gasteiger charge is -2.10. The fourth-order valence-corrected chi connectivity index (χ4v) is 5.10. The first-order valence-electron chi connectivity index (χ1n) is 11.0. The Labute approximate surface area is 203 Å². The number of rotatable bonds is 5. The highest BCUT2D eigenvalue weighted by molar-refractivity contribution is 7.15. The van der Waals surface area contributed by atoms with Crippen LogP contribution in [0, 0.1) is 12.7 Å². The van der Waals surface area contributed by atoms with E-state index in [2.05, 4.69) is 49.2 Å². The molecule has 0 fully saturated rings. The Kier molecular flexibility index (Phi) is 5.12. The van der Waals surface area contributed by atoms with Crippen LogP contribution in [0.4, 0.5) is 4.39 Å². The molecule has 0 aromatic carbocycles. The molecular weight excluding hydrogens is 463 g/mol. The molecule has 0 aliphatic rings. The summed E-state index contributed by atoms with van der Waals surface area (Å²) in [7, 11) is 3.95. The van der Waals surface area contributed by atoms with E-state index in [-0.39, 0.29) is 5.69 Å². The van der Waals surface area contributed by atoms with Crippen LogP contribution in [0.3, 0.4) is 0 Å². The molecule has 0 saturated heterocycles. The molecule has 2 N–H and O–H groups in total. The van der Waals surface area contributed by atoms with Gasteiger partial charge >= 0.3 is 0 Å². The minimum Gasteiger partial charge on any atom is -0.335 e. The van der Waals surface area contributed by atoms with Gasteiger partial charge in [0.2, 0.25) is 0 Å². The highest BCUT2D eigenvalue weighted by Gasteiger charge is 2.21. The Morgan fingerprint density at radius 2 is 1.86 bits per heavy atom. The summed E-state index contributed by atoms with van der Waals surface area (Å²) in [5.74, 6) is -0.00736. The van der Waals surface area contributed by atoms with Crippen LogP contribution in [-0.2, 0) is 6.54 Å². The van der Waals surface area contributed by atoms with Gasteiger partial charge in [-0.05, 0) is 44.8 Å². The number of thiophene rings is 1. The van der Waals surface area contributed by atoms with Crippen LogP contribution < -0.4 is 0 Å². The Balaban J connectivity index is 1.49. The third-order valence-electron chi connectivity index (χ3n) is 5.74. The van der Waals surface area contributed by atoms with Crippen LogP contribution in [0.5, 0.6) is 0 Å². The minimum atomic E-state index is -0.470. The van der Waals surface area contributed by atoms with Crippen LogP contribution in [0.1, 0.15) is 10.4 Å². The normalized spacial score (nSPS) is 11.8. The van der Waals surface area contributed by atoms with Gasteiger partial charge in [0.15, 0.2) is 11.6 Å². The Bertz CT molecular complexity index is 1700. The molecule has 0 aliphatic heterocycles. The zero-order valence-electron chi connectivity index (χ0n) is 19.3. The topological polar surface area (TPSA) is 99.3 Å². The van der Waals surface area contributed by atoms with Gasteiger partial charge < -0.3 is 9.88 Å². The van der Waals surface area contributed by atoms with Gasteiger partial charge in [-0.15, -0.1) is 11.3 Å². The van der Waals surface area contributed by atoms with E-state index in [1.807, 2.05) is 25.1 Å². The van der Waals surface area contributed by atoms with Crippen LogP contribution >= 0.6 is 11.3 Å². The standard InChI is InChI=1S/C25H21FN8S/c1-13-4-5-19(35-13)16-9-28-10-18-23(16)31-25(30-18)24-20-17(32-33-24)11-29-22(21(20)26)15-6-14(7-27-8-15)12-34(2)3/h4-11H,12H2,1-3H3,(H,30,31)(H,32,33). The SMILES string of the molecule is Cc1ccc(-c2cncc3[nH]c(-c4n[nH]c5cnc(-c6cncc(CN(C)C)c6)c(F)c45)nc23)s1. The smallest absolute Gasteiger partial charge is 0.161 e. The Morgan fingerprint density at radius 3 is 2.66 bits per heavy atom. The maximum atomic E-state index is 15.9. The lowest BCUT2D eigenvalue weighted by atomic mass is 10.1. The Morgan fingerprint density at radius 1 is 1.00 bits per heavy atom. The third-order valence-corrected chi connectivity index (χ3v) is 6.77. The second-order valence-corrected chi connectivity index (χ2v) is 9.97. The predicted molar refractivity (Wildman–Crippen MR) is 135 cm³/mol. The summed E-state index contributed by atoms with van der Waals surface area (Å²) in [5.41, 5.74) is 5.14. The van der Waals surface area contributed by atoms with Crippen molar-refractivity contribution < 1.29 is 4.39 Å². The molecule has 0 saturated carbocycles.